The van der Waals surface area contributed by atoms with E-state index in [9.17, 15) is 14.4 Å². The number of anilines is 2. The normalized spacial score (nSPS) is 15.1. The summed E-state index contributed by atoms with van der Waals surface area (Å²) in [6.07, 6.45) is 0.718. The number of amides is 4. The van der Waals surface area contributed by atoms with Gasteiger partial charge in [0.25, 0.3) is 0 Å². The van der Waals surface area contributed by atoms with Gasteiger partial charge in [-0.05, 0) is 55.2 Å². The number of nitrogens with one attached hydrogen (secondary N) is 3. The molecule has 0 radical (unpaired) electrons. The van der Waals surface area contributed by atoms with Crippen molar-refractivity contribution in [1.82, 2.24) is 10.2 Å². The Balaban J connectivity index is 1.67. The van der Waals surface area contributed by atoms with Crippen molar-refractivity contribution in [3.63, 3.8) is 0 Å². The van der Waals surface area contributed by atoms with Gasteiger partial charge in [-0.1, -0.05) is 67.6 Å². The van der Waals surface area contributed by atoms with Gasteiger partial charge in [0.1, 0.15) is 0 Å². The number of carbonyl (C=O) groups excluding carboxylic acids is 3. The van der Waals surface area contributed by atoms with Crippen LogP contribution < -0.4 is 16.0 Å². The van der Waals surface area contributed by atoms with Crippen LogP contribution in [0.5, 0.6) is 0 Å². The third kappa shape index (κ3) is 5.86. The second-order valence-electron chi connectivity index (χ2n) is 8.90. The number of hydrogen-bond donors (Lipinski definition) is 3. The van der Waals surface area contributed by atoms with Gasteiger partial charge in [-0.15, -0.1) is 0 Å². The number of nitrogens with zero attached hydrogens (tertiary/aromatic N) is 1. The lowest BCUT2D eigenvalue weighted by molar-refractivity contribution is -0.138. The number of urea groups is 2. The van der Waals surface area contributed by atoms with Crippen molar-refractivity contribution >= 4 is 35.1 Å². The van der Waals surface area contributed by atoms with E-state index in [4.69, 9.17) is 4.74 Å². The summed E-state index contributed by atoms with van der Waals surface area (Å²) in [5.41, 5.74) is 4.60. The topological polar surface area (TPSA) is 99.8 Å². The zero-order chi connectivity index (χ0) is 27.1. The van der Waals surface area contributed by atoms with E-state index in [-0.39, 0.29) is 18.7 Å². The highest BCUT2D eigenvalue weighted by molar-refractivity contribution is 6.05. The predicted octanol–water partition coefficient (Wildman–Crippen LogP) is 6.09. The second kappa shape index (κ2) is 12.1. The third-order valence-electron chi connectivity index (χ3n) is 6.21. The van der Waals surface area contributed by atoms with E-state index >= 15 is 0 Å². The standard InChI is InChI=1S/C30H32N4O4/c1-4-19-34-27(22-12-7-6-8-13-22)25(28(35)38-5-2)26(33-30(34)37)21-15-17-23(18-16-21)31-29(36)32-24-14-10-9-11-20(24)3/h6-18,26H,4-5,19H2,1-3H3,(H,33,37)(H2,31,32,36). The van der Waals surface area contributed by atoms with E-state index in [0.717, 1.165) is 23.2 Å². The smallest absolute Gasteiger partial charge is 0.338 e. The average molecular weight is 513 g/mol. The molecule has 0 saturated heterocycles. The van der Waals surface area contributed by atoms with Crippen LogP contribution in [0.2, 0.25) is 0 Å². The van der Waals surface area contributed by atoms with Crippen LogP contribution in [0.4, 0.5) is 21.0 Å². The molecule has 3 N–H and O–H groups in total. The van der Waals surface area contributed by atoms with Crippen LogP contribution in [0, 0.1) is 6.92 Å². The first-order valence-electron chi connectivity index (χ1n) is 12.7. The number of para-hydroxylation sites is 1. The lowest BCUT2D eigenvalue weighted by Gasteiger charge is -2.36. The van der Waals surface area contributed by atoms with Crippen LogP contribution in [0.3, 0.4) is 0 Å². The predicted molar refractivity (Wildman–Crippen MR) is 149 cm³/mol. The Hall–Kier alpha value is -4.59. The SMILES string of the molecule is CCCN1C(=O)NC(c2ccc(NC(=O)Nc3ccccc3C)cc2)C(C(=O)OCC)=C1c1ccccc1. The summed E-state index contributed by atoms with van der Waals surface area (Å²) in [6.45, 7) is 6.31. The van der Waals surface area contributed by atoms with Gasteiger partial charge in [0, 0.05) is 17.9 Å². The van der Waals surface area contributed by atoms with Crippen LogP contribution in [0.25, 0.3) is 5.70 Å². The van der Waals surface area contributed by atoms with E-state index in [1.807, 2.05) is 68.4 Å². The maximum atomic E-state index is 13.3. The van der Waals surface area contributed by atoms with E-state index in [2.05, 4.69) is 16.0 Å². The van der Waals surface area contributed by atoms with E-state index in [0.29, 0.717) is 29.1 Å². The lowest BCUT2D eigenvalue weighted by atomic mass is 9.91. The number of esters is 1. The molecule has 1 heterocycles. The number of ether oxygens (including phenoxy) is 1. The van der Waals surface area contributed by atoms with E-state index in [1.165, 1.54) is 0 Å². The molecule has 3 aromatic carbocycles. The Kier molecular flexibility index (Phi) is 8.43. The van der Waals surface area contributed by atoms with Gasteiger partial charge in [0.15, 0.2) is 0 Å². The molecule has 0 saturated carbocycles. The van der Waals surface area contributed by atoms with Crippen molar-refractivity contribution < 1.29 is 19.1 Å². The Bertz CT molecular complexity index is 1340. The monoisotopic (exact) mass is 512 g/mol. The lowest BCUT2D eigenvalue weighted by Crippen LogP contribution is -2.48. The van der Waals surface area contributed by atoms with E-state index in [1.54, 1.807) is 36.1 Å². The maximum Gasteiger partial charge on any atom is 0.338 e. The number of hydrogen-bond acceptors (Lipinski definition) is 4. The molecule has 0 aliphatic carbocycles. The van der Waals surface area contributed by atoms with Crippen molar-refractivity contribution in [2.75, 3.05) is 23.8 Å². The minimum Gasteiger partial charge on any atom is -0.463 e. The molecule has 38 heavy (non-hydrogen) atoms. The van der Waals surface area contributed by atoms with Crippen molar-refractivity contribution in [1.29, 1.82) is 0 Å². The summed E-state index contributed by atoms with van der Waals surface area (Å²) in [6, 6.07) is 22.6. The Morgan fingerprint density at radius 2 is 1.61 bits per heavy atom. The Labute approximate surface area is 222 Å². The summed E-state index contributed by atoms with van der Waals surface area (Å²) in [4.78, 5) is 40.7. The number of benzene rings is 3. The third-order valence-corrected chi connectivity index (χ3v) is 6.21. The highest BCUT2D eigenvalue weighted by Crippen LogP contribution is 2.37. The largest absolute Gasteiger partial charge is 0.463 e. The highest BCUT2D eigenvalue weighted by atomic mass is 16.5. The molecule has 1 aliphatic rings. The molecule has 4 amide bonds. The van der Waals surface area contributed by atoms with Crippen molar-refractivity contribution in [2.45, 2.75) is 33.2 Å². The van der Waals surface area contributed by atoms with Gasteiger partial charge in [0.2, 0.25) is 0 Å². The molecule has 1 atom stereocenters. The highest BCUT2D eigenvalue weighted by Gasteiger charge is 2.38. The second-order valence-corrected chi connectivity index (χ2v) is 8.90. The fourth-order valence-electron chi connectivity index (χ4n) is 4.43. The van der Waals surface area contributed by atoms with Crippen molar-refractivity contribution in [3.05, 3.63) is 101 Å². The number of rotatable bonds is 8. The van der Waals surface area contributed by atoms with Crippen LogP contribution >= 0.6 is 0 Å². The summed E-state index contributed by atoms with van der Waals surface area (Å²) < 4.78 is 5.45. The molecular formula is C30H32N4O4. The molecule has 1 unspecified atom stereocenters. The molecule has 3 aromatic rings. The first kappa shape index (κ1) is 26.5. The maximum absolute atomic E-state index is 13.3. The zero-order valence-corrected chi connectivity index (χ0v) is 21.8. The van der Waals surface area contributed by atoms with Gasteiger partial charge >= 0.3 is 18.0 Å². The van der Waals surface area contributed by atoms with E-state index < -0.39 is 12.0 Å². The Morgan fingerprint density at radius 1 is 0.921 bits per heavy atom. The van der Waals surface area contributed by atoms with Crippen LogP contribution in [-0.2, 0) is 9.53 Å². The molecule has 0 spiro atoms. The summed E-state index contributed by atoms with van der Waals surface area (Å²) in [5, 5.41) is 8.64. The van der Waals surface area contributed by atoms with Gasteiger partial charge in [-0.3, -0.25) is 4.90 Å². The molecule has 0 aromatic heterocycles. The molecule has 4 rings (SSSR count). The molecule has 1 aliphatic heterocycles. The van der Waals surface area contributed by atoms with Crippen LogP contribution in [0.1, 0.15) is 43.0 Å². The summed E-state index contributed by atoms with van der Waals surface area (Å²) in [5.74, 6) is -0.489. The fraction of sp³-hybridized carbons (Fsp3) is 0.233. The van der Waals surface area contributed by atoms with Gasteiger partial charge in [0.05, 0.1) is 23.9 Å². The van der Waals surface area contributed by atoms with Crippen LogP contribution in [0.15, 0.2) is 84.4 Å². The van der Waals surface area contributed by atoms with Crippen LogP contribution in [-0.4, -0.2) is 36.1 Å². The number of aryl methyl sites for hydroxylation is 1. The van der Waals surface area contributed by atoms with Gasteiger partial charge in [-0.25, -0.2) is 14.4 Å². The first-order chi connectivity index (χ1) is 18.4. The average Bonchev–Trinajstić information content (AvgIpc) is 2.92. The molecular weight excluding hydrogens is 480 g/mol. The molecule has 0 fully saturated rings. The molecule has 8 heteroatoms. The fourth-order valence-corrected chi connectivity index (χ4v) is 4.43. The van der Waals surface area contributed by atoms with Gasteiger partial charge < -0.3 is 20.7 Å². The molecule has 0 bridgehead atoms. The summed E-state index contributed by atoms with van der Waals surface area (Å²) >= 11 is 0. The van der Waals surface area contributed by atoms with Crippen molar-refractivity contribution in [2.24, 2.45) is 0 Å². The number of carbonyl (C=O) groups is 3. The Morgan fingerprint density at radius 3 is 2.26 bits per heavy atom. The summed E-state index contributed by atoms with van der Waals surface area (Å²) in [7, 11) is 0. The molecule has 8 nitrogen and oxygen atoms in total. The minimum absolute atomic E-state index is 0.206. The minimum atomic E-state index is -0.722. The van der Waals surface area contributed by atoms with Gasteiger partial charge in [-0.2, -0.15) is 0 Å². The quantitative estimate of drug-likeness (QED) is 0.318. The van der Waals surface area contributed by atoms with Crippen molar-refractivity contribution in [3.8, 4) is 0 Å². The zero-order valence-electron chi connectivity index (χ0n) is 21.8. The first-order valence-corrected chi connectivity index (χ1v) is 12.7. The molecule has 196 valence electrons.